The minimum absolute atomic E-state index is 0.0169. The molecule has 0 aliphatic carbocycles. The van der Waals surface area contributed by atoms with E-state index < -0.39 is 0 Å². The number of hydrogen-bond donors (Lipinski definition) is 4. The number of phenolic OH excluding ortho intramolecular Hbond substituents is 2. The number of methoxy groups -OCH3 is 2. The Bertz CT molecular complexity index is 2860. The lowest BCUT2D eigenvalue weighted by Crippen LogP contribution is -2.44. The van der Waals surface area contributed by atoms with Crippen molar-refractivity contribution < 1.29 is 29.3 Å². The number of hydrogen-bond acceptors (Lipinski definition) is 13. The van der Waals surface area contributed by atoms with Crippen molar-refractivity contribution in [1.82, 2.24) is 50.0 Å². The number of aromatic hydroxyl groups is 2. The molecule has 17 nitrogen and oxygen atoms in total. The lowest BCUT2D eigenvalue weighted by atomic mass is 9.98. The molecule has 76 heavy (non-hydrogen) atoms. The molecule has 0 saturated carbocycles. The first-order valence-electron chi connectivity index (χ1n) is 27.4. The van der Waals surface area contributed by atoms with E-state index in [0.29, 0.717) is 40.8 Å². The number of anilines is 1. The van der Waals surface area contributed by atoms with Crippen LogP contribution in [0.15, 0.2) is 72.8 Å². The Labute approximate surface area is 449 Å². The third-order valence-corrected chi connectivity index (χ3v) is 14.6. The molecule has 4 N–H and O–H groups in total. The molecule has 0 bridgehead atoms. The fraction of sp³-hybridized carbons (Fsp3) is 0.492. The standard InChI is InChI=1S/C29H38N6O3.C28H37N5O3.C2H6/c1-19(2)23-17-24(25(36)18-26(23)38-4)27-31-32-28(29(37)30-20-11-15-33(3)16-12-20)35(27)22-9-7-21(8-10-22)34-13-5-6-14-34;1-6-29-28(35)27-31-30-26(23-15-22(18(2)3)25(36-5)16-24(23)34)33(27)21-9-7-20(8-10-21)17-32-13-11-19(4)12-14-32;1-2/h7-10,17-20,36H,5-6,11-16H2,1-4H3,(H,30,37);7-10,15-16,18-19,34H,6,11-14,17H2,1-5H3,(H,29,35);1-2H3. The molecule has 3 saturated heterocycles. The second kappa shape index (κ2) is 26.2. The molecule has 0 spiro atoms. The summed E-state index contributed by atoms with van der Waals surface area (Å²) in [5.74, 6) is 2.99. The third-order valence-electron chi connectivity index (χ3n) is 14.6. The largest absolute Gasteiger partial charge is 0.507 e. The monoisotopic (exact) mass is 1040 g/mol. The van der Waals surface area contributed by atoms with Crippen molar-refractivity contribution in [3.05, 3.63) is 101 Å². The summed E-state index contributed by atoms with van der Waals surface area (Å²) >= 11 is 0. The van der Waals surface area contributed by atoms with E-state index in [-0.39, 0.29) is 52.8 Å². The van der Waals surface area contributed by atoms with Crippen LogP contribution in [0.25, 0.3) is 34.2 Å². The van der Waals surface area contributed by atoms with Gasteiger partial charge in [-0.05, 0) is 162 Å². The molecular formula is C59H81N11O6. The molecular weight excluding hydrogens is 959 g/mol. The Hall–Kier alpha value is -6.98. The van der Waals surface area contributed by atoms with Crippen molar-refractivity contribution >= 4 is 17.5 Å². The van der Waals surface area contributed by atoms with E-state index in [2.05, 4.69) is 112 Å². The summed E-state index contributed by atoms with van der Waals surface area (Å²) in [4.78, 5) is 33.5. The van der Waals surface area contributed by atoms with E-state index in [0.717, 1.165) is 92.8 Å². The Morgan fingerprint density at radius 3 is 1.57 bits per heavy atom. The summed E-state index contributed by atoms with van der Waals surface area (Å²) in [6.45, 7) is 24.1. The molecule has 3 fully saturated rings. The van der Waals surface area contributed by atoms with Gasteiger partial charge in [0.1, 0.15) is 23.0 Å². The number of nitrogens with zero attached hydrogens (tertiary/aromatic N) is 9. The number of carbonyl (C=O) groups excluding carboxylic acids is 2. The predicted octanol–water partition coefficient (Wildman–Crippen LogP) is 9.98. The highest BCUT2D eigenvalue weighted by Crippen LogP contribution is 2.41. The van der Waals surface area contributed by atoms with E-state index in [9.17, 15) is 19.8 Å². The van der Waals surface area contributed by atoms with Crippen molar-refractivity contribution in [2.45, 2.75) is 118 Å². The van der Waals surface area contributed by atoms with Crippen molar-refractivity contribution in [3.63, 3.8) is 0 Å². The topological polar surface area (TPSA) is 188 Å². The minimum Gasteiger partial charge on any atom is -0.507 e. The summed E-state index contributed by atoms with van der Waals surface area (Å²) in [5.41, 5.74) is 6.78. The summed E-state index contributed by atoms with van der Waals surface area (Å²) in [7, 11) is 5.28. The molecule has 2 amide bonds. The maximum absolute atomic E-state index is 13.5. The number of benzene rings is 4. The molecule has 9 rings (SSSR count). The molecule has 0 atom stereocenters. The number of aromatic nitrogens is 6. The number of piperidine rings is 2. The van der Waals surface area contributed by atoms with Crippen LogP contribution in [0.3, 0.4) is 0 Å². The molecule has 6 aromatic rings. The average molecular weight is 1040 g/mol. The fourth-order valence-electron chi connectivity index (χ4n) is 10.1. The number of nitrogens with one attached hydrogen (secondary N) is 2. The van der Waals surface area contributed by atoms with Crippen LogP contribution < -0.4 is 25.0 Å². The van der Waals surface area contributed by atoms with Crippen LogP contribution in [0, 0.1) is 5.92 Å². The van der Waals surface area contributed by atoms with Crippen LogP contribution >= 0.6 is 0 Å². The number of carbonyl (C=O) groups is 2. The first-order valence-corrected chi connectivity index (χ1v) is 27.4. The van der Waals surface area contributed by atoms with Crippen molar-refractivity contribution in [2.75, 3.05) is 72.0 Å². The second-order valence-electron chi connectivity index (χ2n) is 20.6. The number of ether oxygens (including phenoxy) is 2. The second-order valence-corrected chi connectivity index (χ2v) is 20.6. The van der Waals surface area contributed by atoms with Gasteiger partial charge in [-0.2, -0.15) is 0 Å². The molecule has 5 heterocycles. The van der Waals surface area contributed by atoms with Gasteiger partial charge in [0.15, 0.2) is 11.6 Å². The molecule has 3 aliphatic rings. The van der Waals surface area contributed by atoms with Gasteiger partial charge in [-0.25, -0.2) is 0 Å². The highest BCUT2D eigenvalue weighted by Gasteiger charge is 2.29. The van der Waals surface area contributed by atoms with Crippen LogP contribution in [0.4, 0.5) is 5.69 Å². The molecule has 0 unspecified atom stereocenters. The highest BCUT2D eigenvalue weighted by molar-refractivity contribution is 5.93. The van der Waals surface area contributed by atoms with Gasteiger partial charge in [-0.15, -0.1) is 20.4 Å². The van der Waals surface area contributed by atoms with Gasteiger partial charge >= 0.3 is 0 Å². The van der Waals surface area contributed by atoms with Crippen LogP contribution in [0.1, 0.15) is 144 Å². The molecule has 4 aromatic carbocycles. The van der Waals surface area contributed by atoms with Gasteiger partial charge in [0.05, 0.1) is 25.3 Å². The maximum Gasteiger partial charge on any atom is 0.289 e. The van der Waals surface area contributed by atoms with Crippen molar-refractivity contribution in [3.8, 4) is 57.1 Å². The number of amides is 2. The molecule has 2 aromatic heterocycles. The zero-order chi connectivity index (χ0) is 54.6. The van der Waals surface area contributed by atoms with E-state index in [4.69, 9.17) is 9.47 Å². The Morgan fingerprint density at radius 2 is 1.11 bits per heavy atom. The molecule has 17 heteroatoms. The average Bonchev–Trinajstić information content (AvgIpc) is 4.24. The van der Waals surface area contributed by atoms with Crippen LogP contribution in [-0.4, -0.2) is 134 Å². The van der Waals surface area contributed by atoms with E-state index in [1.54, 1.807) is 35.5 Å². The zero-order valence-corrected chi connectivity index (χ0v) is 46.7. The summed E-state index contributed by atoms with van der Waals surface area (Å²) < 4.78 is 14.5. The number of likely N-dealkylation sites (tertiary alicyclic amines) is 2. The molecule has 408 valence electrons. The smallest absolute Gasteiger partial charge is 0.289 e. The summed E-state index contributed by atoms with van der Waals surface area (Å²) in [6.07, 6.45) is 6.67. The SMILES string of the molecule is CC.CCNC(=O)c1nnc(-c2cc(C(C)C)c(OC)cc2O)n1-c1ccc(CN2CCC(C)CC2)cc1.COc1cc(O)c(-c2nnc(C(=O)NC3CCN(C)CC3)n2-c2ccc(N3CCCC3)cc2)cc1C(C)C. The van der Waals surface area contributed by atoms with Gasteiger partial charge < -0.3 is 40.1 Å². The zero-order valence-electron chi connectivity index (χ0n) is 46.7. The van der Waals surface area contributed by atoms with Crippen molar-refractivity contribution in [1.29, 1.82) is 0 Å². The highest BCUT2D eigenvalue weighted by atomic mass is 16.5. The lowest BCUT2D eigenvalue weighted by Gasteiger charge is -2.30. The Morgan fingerprint density at radius 1 is 0.645 bits per heavy atom. The molecule has 3 aliphatic heterocycles. The normalized spacial score (nSPS) is 15.5. The molecule has 0 radical (unpaired) electrons. The predicted molar refractivity (Wildman–Crippen MR) is 301 cm³/mol. The van der Waals surface area contributed by atoms with Gasteiger partial charge in [-0.3, -0.25) is 23.6 Å². The maximum atomic E-state index is 13.5. The number of rotatable bonds is 15. The van der Waals surface area contributed by atoms with Crippen LogP contribution in [0.5, 0.6) is 23.0 Å². The van der Waals surface area contributed by atoms with Gasteiger partial charge in [0, 0.05) is 61.4 Å². The Balaban J connectivity index is 0.000000215. The van der Waals surface area contributed by atoms with E-state index >= 15 is 0 Å². The van der Waals surface area contributed by atoms with Crippen LogP contribution in [0.2, 0.25) is 0 Å². The first kappa shape index (κ1) is 56.7. The quantitative estimate of drug-likeness (QED) is 0.0762. The lowest BCUT2D eigenvalue weighted by molar-refractivity contribution is 0.0902. The summed E-state index contributed by atoms with van der Waals surface area (Å²) in [6, 6.07) is 23.4. The van der Waals surface area contributed by atoms with Gasteiger partial charge in [0.25, 0.3) is 11.8 Å². The Kier molecular flexibility index (Phi) is 19.5. The van der Waals surface area contributed by atoms with Crippen LogP contribution in [-0.2, 0) is 6.54 Å². The van der Waals surface area contributed by atoms with E-state index in [1.165, 1.54) is 31.2 Å². The number of phenols is 2. The van der Waals surface area contributed by atoms with Gasteiger partial charge in [0.2, 0.25) is 11.6 Å². The van der Waals surface area contributed by atoms with E-state index in [1.807, 2.05) is 57.2 Å². The van der Waals surface area contributed by atoms with Crippen molar-refractivity contribution in [2.24, 2.45) is 5.92 Å². The minimum atomic E-state index is -0.320. The first-order chi connectivity index (χ1) is 36.7. The van der Waals surface area contributed by atoms with Gasteiger partial charge in [-0.1, -0.05) is 60.6 Å². The summed E-state index contributed by atoms with van der Waals surface area (Å²) in [5, 5.41) is 45.2. The third kappa shape index (κ3) is 13.2. The fourth-order valence-corrected chi connectivity index (χ4v) is 10.1.